The minimum absolute atomic E-state index is 0.110. The molecule has 0 bridgehead atoms. The third kappa shape index (κ3) is 3.80. The molecule has 0 radical (unpaired) electrons. The molecule has 1 fully saturated rings. The maximum Gasteiger partial charge on any atom is 0.0950 e. The van der Waals surface area contributed by atoms with E-state index in [2.05, 4.69) is 36.5 Å². The molecule has 1 heterocycles. The number of hydrogen-bond donors (Lipinski definition) is 1. The van der Waals surface area contributed by atoms with Crippen LogP contribution in [0.2, 0.25) is 0 Å². The molecule has 3 nitrogen and oxygen atoms in total. The van der Waals surface area contributed by atoms with E-state index in [4.69, 9.17) is 9.47 Å². The Morgan fingerprint density at radius 1 is 1.50 bits per heavy atom. The van der Waals surface area contributed by atoms with E-state index in [-0.39, 0.29) is 12.2 Å². The van der Waals surface area contributed by atoms with Crippen LogP contribution in [-0.2, 0) is 9.47 Å². The van der Waals surface area contributed by atoms with Gasteiger partial charge in [-0.3, -0.25) is 0 Å². The van der Waals surface area contributed by atoms with Gasteiger partial charge in [-0.15, -0.1) is 0 Å². The first-order valence-electron chi connectivity index (χ1n) is 6.74. The van der Waals surface area contributed by atoms with Crippen molar-refractivity contribution in [2.24, 2.45) is 0 Å². The van der Waals surface area contributed by atoms with Crippen LogP contribution in [0.3, 0.4) is 0 Å². The predicted octanol–water partition coefficient (Wildman–Crippen LogP) is 2.45. The Balaban J connectivity index is 1.94. The molecular weight excluding hydrogens is 226 g/mol. The number of nitrogens with one attached hydrogen (secondary N) is 1. The second-order valence-corrected chi connectivity index (χ2v) is 4.93. The Bertz CT molecular complexity index is 361. The van der Waals surface area contributed by atoms with Crippen LogP contribution in [-0.4, -0.2) is 32.9 Å². The van der Waals surface area contributed by atoms with Crippen LogP contribution < -0.4 is 5.32 Å². The normalized spacial score (nSPS) is 21.1. The van der Waals surface area contributed by atoms with Gasteiger partial charge in [0.05, 0.1) is 18.8 Å². The molecule has 1 N–H and O–H groups in total. The smallest absolute Gasteiger partial charge is 0.0950 e. The van der Waals surface area contributed by atoms with E-state index in [1.807, 2.05) is 7.05 Å². The monoisotopic (exact) mass is 249 g/mol. The van der Waals surface area contributed by atoms with Gasteiger partial charge in [0.25, 0.3) is 0 Å². The fraction of sp³-hybridized carbons (Fsp3) is 0.600. The van der Waals surface area contributed by atoms with E-state index < -0.39 is 0 Å². The van der Waals surface area contributed by atoms with Crippen molar-refractivity contribution in [1.82, 2.24) is 5.32 Å². The van der Waals surface area contributed by atoms with Crippen LogP contribution >= 0.6 is 0 Å². The van der Waals surface area contributed by atoms with Gasteiger partial charge in [0.2, 0.25) is 0 Å². The summed E-state index contributed by atoms with van der Waals surface area (Å²) in [5.74, 6) is 0. The summed E-state index contributed by atoms with van der Waals surface area (Å²) in [7, 11) is 1.96. The maximum absolute atomic E-state index is 6.02. The van der Waals surface area contributed by atoms with Crippen LogP contribution in [0, 0.1) is 6.92 Å². The standard InChI is InChI=1S/C15H23NO2/c1-12-5-3-6-13(9-12)15(10-16-2)18-11-14-7-4-8-17-14/h3,5-6,9,14-16H,4,7-8,10-11H2,1-2H3. The van der Waals surface area contributed by atoms with Gasteiger partial charge in [0, 0.05) is 13.2 Å². The molecule has 3 heteroatoms. The Hall–Kier alpha value is -0.900. The minimum atomic E-state index is 0.110. The van der Waals surface area contributed by atoms with E-state index in [9.17, 15) is 0 Å². The van der Waals surface area contributed by atoms with Gasteiger partial charge in [-0.25, -0.2) is 0 Å². The predicted molar refractivity (Wildman–Crippen MR) is 72.8 cm³/mol. The summed E-state index contributed by atoms with van der Waals surface area (Å²) < 4.78 is 11.6. The van der Waals surface area contributed by atoms with E-state index in [0.717, 1.165) is 26.0 Å². The van der Waals surface area contributed by atoms with E-state index >= 15 is 0 Å². The fourth-order valence-corrected chi connectivity index (χ4v) is 2.33. The van der Waals surface area contributed by atoms with Crippen LogP contribution in [0.4, 0.5) is 0 Å². The van der Waals surface area contributed by atoms with Crippen molar-refractivity contribution in [3.8, 4) is 0 Å². The van der Waals surface area contributed by atoms with Crippen molar-refractivity contribution in [3.05, 3.63) is 35.4 Å². The maximum atomic E-state index is 6.02. The molecular formula is C15H23NO2. The average Bonchev–Trinajstić information content (AvgIpc) is 2.87. The molecule has 1 aromatic carbocycles. The van der Waals surface area contributed by atoms with Crippen LogP contribution in [0.1, 0.15) is 30.1 Å². The lowest BCUT2D eigenvalue weighted by Gasteiger charge is -2.20. The fourth-order valence-electron chi connectivity index (χ4n) is 2.33. The Kier molecular flexibility index (Phi) is 5.17. The number of benzene rings is 1. The van der Waals surface area contributed by atoms with Gasteiger partial charge in [0.1, 0.15) is 0 Å². The molecule has 0 aromatic heterocycles. The lowest BCUT2D eigenvalue weighted by molar-refractivity contribution is -0.0204. The molecule has 100 valence electrons. The van der Waals surface area contributed by atoms with E-state index in [1.165, 1.54) is 11.1 Å². The highest BCUT2D eigenvalue weighted by Crippen LogP contribution is 2.20. The van der Waals surface area contributed by atoms with E-state index in [0.29, 0.717) is 6.61 Å². The lowest BCUT2D eigenvalue weighted by Crippen LogP contribution is -2.24. The van der Waals surface area contributed by atoms with Crippen LogP contribution in [0.15, 0.2) is 24.3 Å². The molecule has 0 spiro atoms. The summed E-state index contributed by atoms with van der Waals surface area (Å²) in [6.07, 6.45) is 2.68. The highest BCUT2D eigenvalue weighted by molar-refractivity contribution is 5.24. The topological polar surface area (TPSA) is 30.5 Å². The number of ether oxygens (including phenoxy) is 2. The zero-order valence-corrected chi connectivity index (χ0v) is 11.3. The molecule has 1 aromatic rings. The summed E-state index contributed by atoms with van der Waals surface area (Å²) in [5, 5.41) is 3.20. The van der Waals surface area contributed by atoms with Crippen LogP contribution in [0.25, 0.3) is 0 Å². The highest BCUT2D eigenvalue weighted by Gasteiger charge is 2.19. The number of hydrogen-bond acceptors (Lipinski definition) is 3. The van der Waals surface area contributed by atoms with Crippen molar-refractivity contribution in [2.45, 2.75) is 32.0 Å². The quantitative estimate of drug-likeness (QED) is 0.840. The molecule has 2 atom stereocenters. The molecule has 1 saturated heterocycles. The zero-order valence-electron chi connectivity index (χ0n) is 11.3. The summed E-state index contributed by atoms with van der Waals surface area (Å²) in [6, 6.07) is 8.52. The molecule has 2 rings (SSSR count). The van der Waals surface area contributed by atoms with Gasteiger partial charge >= 0.3 is 0 Å². The average molecular weight is 249 g/mol. The second-order valence-electron chi connectivity index (χ2n) is 4.93. The molecule has 0 aliphatic carbocycles. The molecule has 1 aliphatic rings. The summed E-state index contributed by atoms with van der Waals surface area (Å²) in [4.78, 5) is 0. The van der Waals surface area contributed by atoms with Gasteiger partial charge in [-0.2, -0.15) is 0 Å². The summed E-state index contributed by atoms with van der Waals surface area (Å²) >= 11 is 0. The van der Waals surface area contributed by atoms with Crippen molar-refractivity contribution in [3.63, 3.8) is 0 Å². The molecule has 0 amide bonds. The van der Waals surface area contributed by atoms with E-state index in [1.54, 1.807) is 0 Å². The number of likely N-dealkylation sites (N-methyl/N-ethyl adjacent to an activating group) is 1. The highest BCUT2D eigenvalue weighted by atomic mass is 16.5. The number of rotatable bonds is 6. The third-order valence-corrected chi connectivity index (χ3v) is 3.31. The lowest BCUT2D eigenvalue weighted by atomic mass is 10.1. The van der Waals surface area contributed by atoms with Crippen molar-refractivity contribution in [2.75, 3.05) is 26.8 Å². The zero-order chi connectivity index (χ0) is 12.8. The third-order valence-electron chi connectivity index (χ3n) is 3.31. The molecule has 0 saturated carbocycles. The first-order chi connectivity index (χ1) is 8.79. The molecule has 2 unspecified atom stereocenters. The Labute approximate surface area is 109 Å². The molecule has 18 heavy (non-hydrogen) atoms. The SMILES string of the molecule is CNCC(OCC1CCCO1)c1cccc(C)c1. The van der Waals surface area contributed by atoms with Gasteiger partial charge < -0.3 is 14.8 Å². The second kappa shape index (κ2) is 6.88. The van der Waals surface area contributed by atoms with Crippen molar-refractivity contribution < 1.29 is 9.47 Å². The van der Waals surface area contributed by atoms with Gasteiger partial charge in [-0.1, -0.05) is 29.8 Å². The Morgan fingerprint density at radius 3 is 3.06 bits per heavy atom. The number of aryl methyl sites for hydroxylation is 1. The largest absolute Gasteiger partial charge is 0.376 e. The summed E-state index contributed by atoms with van der Waals surface area (Å²) in [6.45, 7) is 4.52. The first kappa shape index (κ1) is 13.5. The van der Waals surface area contributed by atoms with Gasteiger partial charge in [-0.05, 0) is 32.4 Å². The first-order valence-corrected chi connectivity index (χ1v) is 6.74. The van der Waals surface area contributed by atoms with Gasteiger partial charge in [0.15, 0.2) is 0 Å². The summed E-state index contributed by atoms with van der Waals surface area (Å²) in [5.41, 5.74) is 2.51. The molecule has 1 aliphatic heterocycles. The minimum Gasteiger partial charge on any atom is -0.376 e. The van der Waals surface area contributed by atoms with Crippen LogP contribution in [0.5, 0.6) is 0 Å². The Morgan fingerprint density at radius 2 is 2.39 bits per heavy atom. The van der Waals surface area contributed by atoms with Crippen molar-refractivity contribution in [1.29, 1.82) is 0 Å². The van der Waals surface area contributed by atoms with Crippen molar-refractivity contribution >= 4 is 0 Å².